The van der Waals surface area contributed by atoms with E-state index in [-0.39, 0.29) is 23.0 Å². The van der Waals surface area contributed by atoms with Gasteiger partial charge in [-0.3, -0.25) is 4.79 Å². The van der Waals surface area contributed by atoms with Crippen LogP contribution in [0.4, 0.5) is 0 Å². The number of hydrogen-bond donors (Lipinski definition) is 0. The summed E-state index contributed by atoms with van der Waals surface area (Å²) in [7, 11) is -3.02. The Bertz CT molecular complexity index is 631. The molecule has 1 saturated carbocycles. The highest BCUT2D eigenvalue weighted by molar-refractivity contribution is 7.92. The van der Waals surface area contributed by atoms with Crippen molar-refractivity contribution < 1.29 is 13.2 Å². The molecule has 2 fully saturated rings. The number of sulfone groups is 1. The third kappa shape index (κ3) is 2.07. The second kappa shape index (κ2) is 4.80. The summed E-state index contributed by atoms with van der Waals surface area (Å²) in [4.78, 5) is 15.4. The maximum atomic E-state index is 12.8. The van der Waals surface area contributed by atoms with Crippen molar-refractivity contribution in [2.75, 3.05) is 12.3 Å². The van der Waals surface area contributed by atoms with E-state index in [2.05, 4.69) is 4.37 Å². The summed E-state index contributed by atoms with van der Waals surface area (Å²) in [5.74, 6) is 0.0517. The number of rotatable bonds is 1. The number of hydrogen-bond acceptors (Lipinski definition) is 5. The molecule has 2 heterocycles. The van der Waals surface area contributed by atoms with E-state index >= 15 is 0 Å². The molecule has 1 aliphatic carbocycles. The van der Waals surface area contributed by atoms with Crippen LogP contribution in [-0.2, 0) is 9.84 Å². The van der Waals surface area contributed by atoms with Crippen molar-refractivity contribution in [2.45, 2.75) is 44.4 Å². The van der Waals surface area contributed by atoms with Crippen LogP contribution in [0.3, 0.4) is 0 Å². The van der Waals surface area contributed by atoms with Crippen molar-refractivity contribution in [1.29, 1.82) is 0 Å². The Morgan fingerprint density at radius 3 is 2.75 bits per heavy atom. The number of aromatic nitrogens is 1. The molecule has 7 heteroatoms. The van der Waals surface area contributed by atoms with Crippen LogP contribution >= 0.6 is 11.5 Å². The summed E-state index contributed by atoms with van der Waals surface area (Å²) in [6.45, 7) is 4.05. The minimum atomic E-state index is -3.02. The Labute approximate surface area is 123 Å². The molecule has 20 heavy (non-hydrogen) atoms. The lowest BCUT2D eigenvalue weighted by molar-refractivity contribution is 0.0686. The van der Waals surface area contributed by atoms with Crippen molar-refractivity contribution in [1.82, 2.24) is 9.27 Å². The molecule has 1 amide bonds. The number of nitrogens with zero attached hydrogens (tertiary/aromatic N) is 2. The Morgan fingerprint density at radius 2 is 2.10 bits per heavy atom. The van der Waals surface area contributed by atoms with Gasteiger partial charge < -0.3 is 4.90 Å². The molecule has 2 unspecified atom stereocenters. The number of amides is 1. The van der Waals surface area contributed by atoms with E-state index < -0.39 is 9.84 Å². The maximum Gasteiger partial charge on any atom is 0.257 e. The predicted octanol–water partition coefficient (Wildman–Crippen LogP) is 1.55. The summed E-state index contributed by atoms with van der Waals surface area (Å²) >= 11 is 1.33. The highest BCUT2D eigenvalue weighted by Crippen LogP contribution is 2.35. The lowest BCUT2D eigenvalue weighted by Crippen LogP contribution is -2.54. The smallest absolute Gasteiger partial charge is 0.257 e. The lowest BCUT2D eigenvalue weighted by Gasteiger charge is -2.37. The first kappa shape index (κ1) is 14.0. The lowest BCUT2D eigenvalue weighted by atomic mass is 10.1. The average Bonchev–Trinajstić information content (AvgIpc) is 2.97. The van der Waals surface area contributed by atoms with Gasteiger partial charge in [0.25, 0.3) is 5.91 Å². The molecule has 0 bridgehead atoms. The van der Waals surface area contributed by atoms with Crippen LogP contribution in [0.5, 0.6) is 0 Å². The quantitative estimate of drug-likeness (QED) is 0.789. The molecule has 1 aromatic heterocycles. The van der Waals surface area contributed by atoms with Crippen LogP contribution in [0.25, 0.3) is 0 Å². The van der Waals surface area contributed by atoms with Gasteiger partial charge in [0.05, 0.1) is 22.3 Å². The molecule has 1 aromatic rings. The van der Waals surface area contributed by atoms with Gasteiger partial charge in [-0.1, -0.05) is 0 Å². The summed E-state index contributed by atoms with van der Waals surface area (Å²) < 4.78 is 28.4. The molecule has 0 radical (unpaired) electrons. The van der Waals surface area contributed by atoms with Gasteiger partial charge in [0.15, 0.2) is 9.84 Å². The number of fused-ring (bicyclic) bond motifs is 1. The first-order chi connectivity index (χ1) is 9.42. The molecule has 110 valence electrons. The first-order valence-corrected chi connectivity index (χ1v) is 9.36. The third-order valence-corrected chi connectivity index (χ3v) is 7.47. The monoisotopic (exact) mass is 314 g/mol. The van der Waals surface area contributed by atoms with Crippen molar-refractivity contribution >= 4 is 27.3 Å². The zero-order valence-electron chi connectivity index (χ0n) is 11.6. The number of carbonyl (C=O) groups excluding carboxylic acids is 1. The van der Waals surface area contributed by atoms with E-state index in [0.717, 1.165) is 23.4 Å². The fourth-order valence-electron chi connectivity index (χ4n) is 3.41. The average molecular weight is 314 g/mol. The van der Waals surface area contributed by atoms with Crippen LogP contribution < -0.4 is 0 Å². The summed E-state index contributed by atoms with van der Waals surface area (Å²) in [5, 5.41) is -0.354. The van der Waals surface area contributed by atoms with Crippen molar-refractivity contribution in [3.05, 3.63) is 16.1 Å². The van der Waals surface area contributed by atoms with E-state index in [1.165, 1.54) is 11.5 Å². The van der Waals surface area contributed by atoms with Gasteiger partial charge in [0.1, 0.15) is 0 Å². The second-order valence-electron chi connectivity index (χ2n) is 5.60. The predicted molar refractivity (Wildman–Crippen MR) is 77.8 cm³/mol. The SMILES string of the molecule is Cc1nsc(C)c1C(=O)N1CCS(=O)(=O)C2CCCC21. The van der Waals surface area contributed by atoms with Crippen molar-refractivity contribution in [3.63, 3.8) is 0 Å². The highest BCUT2D eigenvalue weighted by atomic mass is 32.2. The highest BCUT2D eigenvalue weighted by Gasteiger charge is 2.46. The first-order valence-electron chi connectivity index (χ1n) is 6.87. The van der Waals surface area contributed by atoms with Crippen LogP contribution in [0, 0.1) is 13.8 Å². The zero-order chi connectivity index (χ0) is 14.5. The van der Waals surface area contributed by atoms with E-state index in [1.54, 1.807) is 4.90 Å². The Balaban J connectivity index is 1.94. The molecule has 2 aliphatic rings. The van der Waals surface area contributed by atoms with Crippen LogP contribution in [0.2, 0.25) is 0 Å². The van der Waals surface area contributed by atoms with Gasteiger partial charge in [0.2, 0.25) is 0 Å². The van der Waals surface area contributed by atoms with Gasteiger partial charge >= 0.3 is 0 Å². The largest absolute Gasteiger partial charge is 0.333 e. The van der Waals surface area contributed by atoms with Gasteiger partial charge in [-0.05, 0) is 44.6 Å². The van der Waals surface area contributed by atoms with E-state index in [0.29, 0.717) is 18.5 Å². The molecule has 1 aliphatic heterocycles. The topological polar surface area (TPSA) is 67.3 Å². The zero-order valence-corrected chi connectivity index (χ0v) is 13.3. The molecule has 1 saturated heterocycles. The Morgan fingerprint density at radius 1 is 1.35 bits per heavy atom. The van der Waals surface area contributed by atoms with E-state index in [1.807, 2.05) is 13.8 Å². The minimum absolute atomic E-state index is 0.0412. The third-order valence-electron chi connectivity index (χ3n) is 4.40. The molecular weight excluding hydrogens is 296 g/mol. The molecule has 0 aromatic carbocycles. The van der Waals surface area contributed by atoms with Crippen molar-refractivity contribution in [2.24, 2.45) is 0 Å². The summed E-state index contributed by atoms with van der Waals surface area (Å²) in [5.41, 5.74) is 1.42. The number of carbonyl (C=O) groups is 1. The normalized spacial score (nSPS) is 28.4. The van der Waals surface area contributed by atoms with Gasteiger partial charge in [-0.15, -0.1) is 0 Å². The maximum absolute atomic E-state index is 12.8. The van der Waals surface area contributed by atoms with Gasteiger partial charge in [-0.25, -0.2) is 8.42 Å². The number of aryl methyl sites for hydroxylation is 2. The van der Waals surface area contributed by atoms with E-state index in [4.69, 9.17) is 0 Å². The molecule has 3 rings (SSSR count). The summed E-state index contributed by atoms with van der Waals surface area (Å²) in [6.07, 6.45) is 2.38. The Kier molecular flexibility index (Phi) is 3.36. The second-order valence-corrected chi connectivity index (χ2v) is 8.92. The fourth-order valence-corrected chi connectivity index (χ4v) is 6.14. The Hall–Kier alpha value is -0.950. The fraction of sp³-hybridized carbons (Fsp3) is 0.692. The minimum Gasteiger partial charge on any atom is -0.333 e. The molecule has 0 N–H and O–H groups in total. The summed E-state index contributed by atoms with van der Waals surface area (Å²) in [6, 6.07) is -0.139. The molecular formula is C13H18N2O3S2. The standard InChI is InChI=1S/C13H18N2O3S2/c1-8-12(9(2)19-14-8)13(16)15-6-7-20(17,18)11-5-3-4-10(11)15/h10-11H,3-7H2,1-2H3. The van der Waals surface area contributed by atoms with Crippen LogP contribution in [-0.4, -0.2) is 47.2 Å². The van der Waals surface area contributed by atoms with Crippen LogP contribution in [0.15, 0.2) is 0 Å². The van der Waals surface area contributed by atoms with Gasteiger partial charge in [0, 0.05) is 17.5 Å². The van der Waals surface area contributed by atoms with E-state index in [9.17, 15) is 13.2 Å². The molecule has 2 atom stereocenters. The van der Waals surface area contributed by atoms with Crippen molar-refractivity contribution in [3.8, 4) is 0 Å². The molecule has 0 spiro atoms. The van der Waals surface area contributed by atoms with Gasteiger partial charge in [-0.2, -0.15) is 4.37 Å². The molecule has 5 nitrogen and oxygen atoms in total. The van der Waals surface area contributed by atoms with Crippen LogP contribution in [0.1, 0.15) is 40.2 Å².